The summed E-state index contributed by atoms with van der Waals surface area (Å²) in [5.41, 5.74) is 2.90. The van der Waals surface area contributed by atoms with E-state index >= 15 is 0 Å². The summed E-state index contributed by atoms with van der Waals surface area (Å²) in [6, 6.07) is 0.395. The van der Waals surface area contributed by atoms with Crippen LogP contribution < -0.4 is 11.3 Å². The molecule has 0 aromatic carbocycles. The molecule has 3 N–H and O–H groups in total. The van der Waals surface area contributed by atoms with Crippen molar-refractivity contribution in [3.05, 3.63) is 0 Å². The molecule has 1 atom stereocenters. The Morgan fingerprint density at radius 2 is 2.06 bits per heavy atom. The molecule has 0 heterocycles. The van der Waals surface area contributed by atoms with Crippen molar-refractivity contribution in [1.82, 2.24) is 5.43 Å². The van der Waals surface area contributed by atoms with Crippen molar-refractivity contribution in [2.24, 2.45) is 11.8 Å². The second kappa shape index (κ2) is 7.43. The fourth-order valence-corrected chi connectivity index (χ4v) is 2.53. The molecule has 1 aliphatic carbocycles. The highest BCUT2D eigenvalue weighted by Gasteiger charge is 2.31. The number of nitrogens with one attached hydrogen (secondary N) is 1. The van der Waals surface area contributed by atoms with Crippen LogP contribution in [0, 0.1) is 5.92 Å². The van der Waals surface area contributed by atoms with Crippen molar-refractivity contribution in [2.45, 2.75) is 70.6 Å². The van der Waals surface area contributed by atoms with Gasteiger partial charge < -0.3 is 9.47 Å². The fourth-order valence-electron chi connectivity index (χ4n) is 2.53. The van der Waals surface area contributed by atoms with E-state index in [2.05, 4.69) is 26.2 Å². The van der Waals surface area contributed by atoms with Gasteiger partial charge in [0.1, 0.15) is 0 Å². The van der Waals surface area contributed by atoms with E-state index in [9.17, 15) is 0 Å². The van der Waals surface area contributed by atoms with Gasteiger partial charge in [0.05, 0.1) is 11.7 Å². The summed E-state index contributed by atoms with van der Waals surface area (Å²) in [6.45, 7) is 7.13. The molecule has 1 aliphatic rings. The average Bonchev–Trinajstić information content (AvgIpc) is 2.30. The van der Waals surface area contributed by atoms with Crippen molar-refractivity contribution in [1.29, 1.82) is 0 Å². The molecule has 0 aromatic heterocycles. The normalized spacial score (nSPS) is 25.8. The second-order valence-corrected chi connectivity index (χ2v) is 6.02. The number of ether oxygens (including phenoxy) is 2. The van der Waals surface area contributed by atoms with E-state index < -0.39 is 0 Å². The van der Waals surface area contributed by atoms with Gasteiger partial charge >= 0.3 is 0 Å². The molecule has 1 saturated carbocycles. The quantitative estimate of drug-likeness (QED) is 0.492. The zero-order chi connectivity index (χ0) is 13.6. The Morgan fingerprint density at radius 1 is 1.39 bits per heavy atom. The summed E-state index contributed by atoms with van der Waals surface area (Å²) >= 11 is 0. The van der Waals surface area contributed by atoms with Gasteiger partial charge in [-0.15, -0.1) is 0 Å². The van der Waals surface area contributed by atoms with Gasteiger partial charge in [0.2, 0.25) is 0 Å². The van der Waals surface area contributed by atoms with E-state index in [1.165, 1.54) is 12.8 Å². The fraction of sp³-hybridized carbons (Fsp3) is 1.00. The third kappa shape index (κ3) is 5.22. The predicted molar refractivity (Wildman–Crippen MR) is 74.2 cm³/mol. The Balaban J connectivity index is 2.19. The molecule has 0 aromatic rings. The number of nitrogens with two attached hydrogens (primary N) is 1. The molecule has 4 heteroatoms. The van der Waals surface area contributed by atoms with Crippen molar-refractivity contribution < 1.29 is 9.47 Å². The van der Waals surface area contributed by atoms with E-state index in [4.69, 9.17) is 15.3 Å². The molecular weight excluding hydrogens is 228 g/mol. The third-order valence-corrected chi connectivity index (χ3v) is 4.10. The molecule has 0 amide bonds. The molecule has 0 aliphatic heterocycles. The van der Waals surface area contributed by atoms with Gasteiger partial charge in [-0.1, -0.05) is 0 Å². The maximum Gasteiger partial charge on any atom is 0.0623 e. The smallest absolute Gasteiger partial charge is 0.0623 e. The van der Waals surface area contributed by atoms with Gasteiger partial charge in [0.25, 0.3) is 0 Å². The van der Waals surface area contributed by atoms with Crippen LogP contribution in [-0.2, 0) is 9.47 Å². The minimum absolute atomic E-state index is 0.0530. The first kappa shape index (κ1) is 15.9. The van der Waals surface area contributed by atoms with Gasteiger partial charge in [0, 0.05) is 19.8 Å². The summed E-state index contributed by atoms with van der Waals surface area (Å²) in [6.07, 6.45) is 6.13. The summed E-state index contributed by atoms with van der Waals surface area (Å²) in [4.78, 5) is 0. The predicted octanol–water partition coefficient (Wildman–Crippen LogP) is 2.23. The lowest BCUT2D eigenvalue weighted by Gasteiger charge is -2.37. The number of hydrogen-bond donors (Lipinski definition) is 2. The number of methoxy groups -OCH3 is 1. The highest BCUT2D eigenvalue weighted by Crippen LogP contribution is 2.34. The molecular formula is C14H30N2O2. The standard InChI is InChI=1S/C14H30N2O2/c1-5-18-13-9-11(10-13)8-12(16-15)6-7-14(2,3)17-4/h11-13,16H,5-10,15H2,1-4H3. The zero-order valence-electron chi connectivity index (χ0n) is 12.4. The lowest BCUT2D eigenvalue weighted by Crippen LogP contribution is -2.42. The van der Waals surface area contributed by atoms with Crippen LogP contribution in [0.15, 0.2) is 0 Å². The van der Waals surface area contributed by atoms with Crippen molar-refractivity contribution in [3.8, 4) is 0 Å². The molecule has 1 unspecified atom stereocenters. The van der Waals surface area contributed by atoms with Gasteiger partial charge in [-0.2, -0.15) is 0 Å². The van der Waals surface area contributed by atoms with Gasteiger partial charge in [-0.3, -0.25) is 11.3 Å². The average molecular weight is 258 g/mol. The first-order valence-electron chi connectivity index (χ1n) is 7.13. The highest BCUT2D eigenvalue weighted by atomic mass is 16.5. The maximum atomic E-state index is 5.64. The minimum Gasteiger partial charge on any atom is -0.379 e. The SMILES string of the molecule is CCOC1CC(CC(CCC(C)(C)OC)NN)C1. The lowest BCUT2D eigenvalue weighted by atomic mass is 9.77. The van der Waals surface area contributed by atoms with Crippen LogP contribution in [-0.4, -0.2) is 31.5 Å². The van der Waals surface area contributed by atoms with E-state index in [0.29, 0.717) is 12.1 Å². The summed E-state index contributed by atoms with van der Waals surface area (Å²) < 4.78 is 11.0. The number of hydrogen-bond acceptors (Lipinski definition) is 4. The monoisotopic (exact) mass is 258 g/mol. The third-order valence-electron chi connectivity index (χ3n) is 4.10. The van der Waals surface area contributed by atoms with Gasteiger partial charge in [-0.25, -0.2) is 0 Å². The van der Waals surface area contributed by atoms with Crippen LogP contribution >= 0.6 is 0 Å². The van der Waals surface area contributed by atoms with Crippen LogP contribution in [0.25, 0.3) is 0 Å². The molecule has 108 valence electrons. The van der Waals surface area contributed by atoms with Crippen LogP contribution in [0.3, 0.4) is 0 Å². The van der Waals surface area contributed by atoms with Gasteiger partial charge in [-0.05, 0) is 58.8 Å². The zero-order valence-corrected chi connectivity index (χ0v) is 12.4. The Bertz CT molecular complexity index is 228. The molecule has 4 nitrogen and oxygen atoms in total. The van der Waals surface area contributed by atoms with Crippen LogP contribution in [0.5, 0.6) is 0 Å². The Hall–Kier alpha value is -0.160. The first-order valence-corrected chi connectivity index (χ1v) is 7.13. The van der Waals surface area contributed by atoms with E-state index in [0.717, 1.165) is 31.8 Å². The summed E-state index contributed by atoms with van der Waals surface area (Å²) in [5.74, 6) is 6.41. The minimum atomic E-state index is -0.0530. The van der Waals surface area contributed by atoms with Crippen molar-refractivity contribution in [2.75, 3.05) is 13.7 Å². The van der Waals surface area contributed by atoms with Crippen LogP contribution in [0.1, 0.15) is 52.9 Å². The highest BCUT2D eigenvalue weighted by molar-refractivity contribution is 4.84. The van der Waals surface area contributed by atoms with Gasteiger partial charge in [0.15, 0.2) is 0 Å². The molecule has 1 fully saturated rings. The number of hydrazine groups is 1. The largest absolute Gasteiger partial charge is 0.379 e. The number of rotatable bonds is 9. The first-order chi connectivity index (χ1) is 8.50. The van der Waals surface area contributed by atoms with Crippen molar-refractivity contribution >= 4 is 0 Å². The molecule has 0 radical (unpaired) electrons. The van der Waals surface area contributed by atoms with E-state index in [-0.39, 0.29) is 5.60 Å². The molecule has 18 heavy (non-hydrogen) atoms. The van der Waals surface area contributed by atoms with E-state index in [1.807, 2.05) is 0 Å². The van der Waals surface area contributed by atoms with Crippen LogP contribution in [0.4, 0.5) is 0 Å². The Morgan fingerprint density at radius 3 is 2.56 bits per heavy atom. The lowest BCUT2D eigenvalue weighted by molar-refractivity contribution is -0.0309. The molecule has 1 rings (SSSR count). The maximum absolute atomic E-state index is 5.64. The molecule has 0 bridgehead atoms. The molecule has 0 spiro atoms. The Labute approximate surface area is 112 Å². The van der Waals surface area contributed by atoms with Crippen molar-refractivity contribution in [3.63, 3.8) is 0 Å². The summed E-state index contributed by atoms with van der Waals surface area (Å²) in [7, 11) is 1.77. The van der Waals surface area contributed by atoms with Crippen LogP contribution in [0.2, 0.25) is 0 Å². The second-order valence-electron chi connectivity index (χ2n) is 6.02. The van der Waals surface area contributed by atoms with E-state index in [1.54, 1.807) is 7.11 Å². The molecule has 0 saturated heterocycles. The topological polar surface area (TPSA) is 56.5 Å². The summed E-state index contributed by atoms with van der Waals surface area (Å²) in [5, 5.41) is 0. The Kier molecular flexibility index (Phi) is 6.57.